The van der Waals surface area contributed by atoms with Crippen LogP contribution in [-0.4, -0.2) is 37.6 Å². The van der Waals surface area contributed by atoms with E-state index in [0.29, 0.717) is 25.3 Å². The zero-order chi connectivity index (χ0) is 14.5. The van der Waals surface area contributed by atoms with E-state index in [1.807, 2.05) is 49.2 Å². The van der Waals surface area contributed by atoms with Crippen LogP contribution in [0.15, 0.2) is 30.3 Å². The van der Waals surface area contributed by atoms with Crippen molar-refractivity contribution in [3.8, 4) is 0 Å². The number of ether oxygens (including phenoxy) is 1. The van der Waals surface area contributed by atoms with Gasteiger partial charge in [-0.2, -0.15) is 0 Å². The number of pyridine rings is 1. The van der Waals surface area contributed by atoms with Crippen LogP contribution in [0, 0.1) is 5.41 Å². The average Bonchev–Trinajstić information content (AvgIpc) is 2.46. The second-order valence-corrected chi connectivity index (χ2v) is 4.58. The molecule has 3 N–H and O–H groups in total. The lowest BCUT2D eigenvalue weighted by atomic mass is 10.1. The van der Waals surface area contributed by atoms with Gasteiger partial charge in [0.05, 0.1) is 17.7 Å². The number of fused-ring (bicyclic) bond motifs is 1. The summed E-state index contributed by atoms with van der Waals surface area (Å²) in [5.41, 5.74) is 7.24. The van der Waals surface area contributed by atoms with E-state index in [9.17, 15) is 0 Å². The Bertz CT molecular complexity index is 612. The number of likely N-dealkylation sites (N-methyl/N-ethyl adjacent to an activating group) is 1. The number of para-hydroxylation sites is 1. The Kier molecular flexibility index (Phi) is 4.53. The molecule has 0 bridgehead atoms. The summed E-state index contributed by atoms with van der Waals surface area (Å²) in [7, 11) is 1.93. The van der Waals surface area contributed by atoms with E-state index in [4.69, 9.17) is 15.9 Å². The molecule has 0 amide bonds. The van der Waals surface area contributed by atoms with Crippen molar-refractivity contribution in [1.29, 1.82) is 5.41 Å². The molecule has 2 aromatic rings. The van der Waals surface area contributed by atoms with Gasteiger partial charge in [-0.3, -0.25) is 5.41 Å². The maximum Gasteiger partial charge on any atom is 0.140 e. The van der Waals surface area contributed by atoms with Gasteiger partial charge in [-0.15, -0.1) is 0 Å². The fourth-order valence-corrected chi connectivity index (χ4v) is 2.05. The van der Waals surface area contributed by atoms with E-state index in [-0.39, 0.29) is 5.84 Å². The van der Waals surface area contributed by atoms with Crippen LogP contribution >= 0.6 is 0 Å². The molecule has 0 fully saturated rings. The molecule has 0 unspecified atom stereocenters. The molecular formula is C15H20N4O. The molecule has 5 heteroatoms. The molecule has 0 aliphatic rings. The number of hydrogen-bond donors (Lipinski definition) is 2. The maximum atomic E-state index is 7.74. The fraction of sp³-hybridized carbons (Fsp3) is 0.333. The Hall–Kier alpha value is -2.14. The van der Waals surface area contributed by atoms with Gasteiger partial charge in [0.25, 0.3) is 0 Å². The van der Waals surface area contributed by atoms with Crippen LogP contribution in [0.2, 0.25) is 0 Å². The summed E-state index contributed by atoms with van der Waals surface area (Å²) in [6.45, 7) is 3.99. The third-order valence-electron chi connectivity index (χ3n) is 3.13. The minimum atomic E-state index is 0.0292. The molecule has 1 heterocycles. The number of anilines is 1. The minimum Gasteiger partial charge on any atom is -0.384 e. The van der Waals surface area contributed by atoms with E-state index >= 15 is 0 Å². The highest BCUT2D eigenvalue weighted by molar-refractivity contribution is 6.02. The molecule has 0 aliphatic heterocycles. The number of nitrogens with one attached hydrogen (secondary N) is 1. The van der Waals surface area contributed by atoms with Gasteiger partial charge in [-0.25, -0.2) is 4.98 Å². The molecule has 0 saturated heterocycles. The molecule has 0 saturated carbocycles. The standard InChI is InChI=1S/C15H20N4O/c1-3-20-9-8-19(2)15-12(14(16)17)10-11-6-4-5-7-13(11)18-15/h4-7,10H,3,8-9H2,1-2H3,(H3,16,17). The summed E-state index contributed by atoms with van der Waals surface area (Å²) in [6, 6.07) is 9.74. The second-order valence-electron chi connectivity index (χ2n) is 4.58. The number of hydrogen-bond acceptors (Lipinski definition) is 4. The first-order chi connectivity index (χ1) is 9.63. The zero-order valence-electron chi connectivity index (χ0n) is 11.9. The van der Waals surface area contributed by atoms with Crippen molar-refractivity contribution in [3.05, 3.63) is 35.9 Å². The van der Waals surface area contributed by atoms with Gasteiger partial charge < -0.3 is 15.4 Å². The third-order valence-corrected chi connectivity index (χ3v) is 3.13. The summed E-state index contributed by atoms with van der Waals surface area (Å²) in [4.78, 5) is 6.60. The van der Waals surface area contributed by atoms with Crippen molar-refractivity contribution in [2.24, 2.45) is 5.73 Å². The summed E-state index contributed by atoms with van der Waals surface area (Å²) >= 11 is 0. The number of aromatic nitrogens is 1. The third kappa shape index (κ3) is 3.05. The van der Waals surface area contributed by atoms with Crippen LogP contribution < -0.4 is 10.6 Å². The van der Waals surface area contributed by atoms with Crippen molar-refractivity contribution < 1.29 is 4.74 Å². The molecule has 0 aliphatic carbocycles. The van der Waals surface area contributed by atoms with Gasteiger partial charge in [-0.05, 0) is 19.1 Å². The normalized spacial score (nSPS) is 10.7. The second kappa shape index (κ2) is 6.34. The van der Waals surface area contributed by atoms with Crippen LogP contribution in [-0.2, 0) is 4.74 Å². The maximum absolute atomic E-state index is 7.74. The van der Waals surface area contributed by atoms with Gasteiger partial charge >= 0.3 is 0 Å². The van der Waals surface area contributed by atoms with Crippen molar-refractivity contribution in [2.75, 3.05) is 31.7 Å². The van der Waals surface area contributed by atoms with Crippen LogP contribution in [0.4, 0.5) is 5.82 Å². The lowest BCUT2D eigenvalue weighted by Crippen LogP contribution is -2.27. The highest BCUT2D eigenvalue weighted by Crippen LogP contribution is 2.22. The number of nitrogens with zero attached hydrogens (tertiary/aromatic N) is 2. The Morgan fingerprint density at radius 1 is 1.40 bits per heavy atom. The van der Waals surface area contributed by atoms with Crippen molar-refractivity contribution in [2.45, 2.75) is 6.92 Å². The van der Waals surface area contributed by atoms with E-state index in [1.165, 1.54) is 0 Å². The molecule has 106 valence electrons. The minimum absolute atomic E-state index is 0.0292. The molecule has 2 rings (SSSR count). The quantitative estimate of drug-likeness (QED) is 0.479. The Labute approximate surface area is 118 Å². The van der Waals surface area contributed by atoms with Crippen LogP contribution in [0.1, 0.15) is 12.5 Å². The molecule has 20 heavy (non-hydrogen) atoms. The summed E-state index contributed by atoms with van der Waals surface area (Å²) in [5, 5.41) is 8.72. The van der Waals surface area contributed by atoms with E-state index in [1.54, 1.807) is 0 Å². The van der Waals surface area contributed by atoms with Crippen LogP contribution in [0.25, 0.3) is 10.9 Å². The van der Waals surface area contributed by atoms with Crippen molar-refractivity contribution >= 4 is 22.6 Å². The van der Waals surface area contributed by atoms with Crippen molar-refractivity contribution in [1.82, 2.24) is 4.98 Å². The summed E-state index contributed by atoms with van der Waals surface area (Å²) in [5.74, 6) is 0.748. The molecule has 0 atom stereocenters. The predicted molar refractivity (Wildman–Crippen MR) is 82.5 cm³/mol. The van der Waals surface area contributed by atoms with Crippen LogP contribution in [0.3, 0.4) is 0 Å². The molecular weight excluding hydrogens is 252 g/mol. The Morgan fingerprint density at radius 3 is 2.85 bits per heavy atom. The Balaban J connectivity index is 2.38. The molecule has 0 spiro atoms. The van der Waals surface area contributed by atoms with Crippen molar-refractivity contribution in [3.63, 3.8) is 0 Å². The van der Waals surface area contributed by atoms with E-state index in [0.717, 1.165) is 16.7 Å². The molecule has 1 aromatic heterocycles. The number of benzene rings is 1. The first-order valence-corrected chi connectivity index (χ1v) is 6.66. The smallest absolute Gasteiger partial charge is 0.140 e. The molecule has 0 radical (unpaired) electrons. The number of rotatable bonds is 6. The van der Waals surface area contributed by atoms with Gasteiger partial charge in [0, 0.05) is 25.6 Å². The Morgan fingerprint density at radius 2 is 2.15 bits per heavy atom. The van der Waals surface area contributed by atoms with Gasteiger partial charge in [0.2, 0.25) is 0 Å². The topological polar surface area (TPSA) is 75.2 Å². The SMILES string of the molecule is CCOCCN(C)c1nc2ccccc2cc1C(=N)N. The molecule has 5 nitrogen and oxygen atoms in total. The predicted octanol–water partition coefficient (Wildman–Crippen LogP) is 1.99. The average molecular weight is 272 g/mol. The first-order valence-electron chi connectivity index (χ1n) is 6.66. The van der Waals surface area contributed by atoms with E-state index in [2.05, 4.69) is 4.98 Å². The largest absolute Gasteiger partial charge is 0.384 e. The molecule has 1 aromatic carbocycles. The highest BCUT2D eigenvalue weighted by atomic mass is 16.5. The first kappa shape index (κ1) is 14.3. The van der Waals surface area contributed by atoms with Crippen LogP contribution in [0.5, 0.6) is 0 Å². The van der Waals surface area contributed by atoms with E-state index < -0.39 is 0 Å². The summed E-state index contributed by atoms with van der Waals surface area (Å²) < 4.78 is 5.36. The summed E-state index contributed by atoms with van der Waals surface area (Å²) in [6.07, 6.45) is 0. The number of nitrogens with two attached hydrogens (primary N) is 1. The lowest BCUT2D eigenvalue weighted by molar-refractivity contribution is 0.154. The lowest BCUT2D eigenvalue weighted by Gasteiger charge is -2.21. The monoisotopic (exact) mass is 272 g/mol. The number of amidine groups is 1. The van der Waals surface area contributed by atoms with Gasteiger partial charge in [0.1, 0.15) is 11.7 Å². The highest BCUT2D eigenvalue weighted by Gasteiger charge is 2.13. The van der Waals surface area contributed by atoms with Gasteiger partial charge in [-0.1, -0.05) is 18.2 Å². The fourth-order valence-electron chi connectivity index (χ4n) is 2.05. The zero-order valence-corrected chi connectivity index (χ0v) is 11.9. The van der Waals surface area contributed by atoms with Gasteiger partial charge in [0.15, 0.2) is 0 Å². The number of nitrogen functional groups attached to an aromatic ring is 1.